The van der Waals surface area contributed by atoms with Crippen LogP contribution in [0.4, 0.5) is 65.7 Å². The zero-order valence-electron chi connectivity index (χ0n) is 55.7. The average molecular weight is 1390 g/mol. The van der Waals surface area contributed by atoms with Crippen LogP contribution < -0.4 is 26.7 Å². The van der Waals surface area contributed by atoms with Crippen LogP contribution in [0.3, 0.4) is 0 Å². The van der Waals surface area contributed by atoms with Crippen LogP contribution in [0.1, 0.15) is 146 Å². The molecule has 20 nitrogen and oxygen atoms in total. The fourth-order valence-electron chi connectivity index (χ4n) is 16.2. The van der Waals surface area contributed by atoms with E-state index in [1.807, 2.05) is 95.5 Å². The largest absolute Gasteiger partial charge is 0.431 e. The van der Waals surface area contributed by atoms with Gasteiger partial charge < -0.3 is 41.0 Å². The minimum absolute atomic E-state index is 0.0728. The van der Waals surface area contributed by atoms with Gasteiger partial charge in [0.1, 0.15) is 19.0 Å². The molecule has 12 atom stereocenters. The first-order valence-corrected chi connectivity index (χ1v) is 33.4. The Kier molecular flexibility index (Phi) is 19.6. The van der Waals surface area contributed by atoms with Gasteiger partial charge in [0.25, 0.3) is 11.8 Å². The number of carbonyl (C=O) groups excluding carboxylic acids is 1. The Morgan fingerprint density at radius 3 is 1.21 bits per heavy atom. The van der Waals surface area contributed by atoms with Crippen molar-refractivity contribution >= 4 is 23.4 Å². The van der Waals surface area contributed by atoms with Crippen LogP contribution in [0.5, 0.6) is 11.5 Å². The molecule has 6 unspecified atom stereocenters. The summed E-state index contributed by atoms with van der Waals surface area (Å²) in [7, 11) is 1.84. The molecular weight excluding hydrogens is 1300 g/mol. The molecule has 14 rings (SSSR count). The average Bonchev–Trinajstić information content (AvgIpc) is 1.57. The number of carbonyl (C=O) groups is 1. The topological polar surface area (TPSA) is 234 Å². The Labute approximate surface area is 560 Å². The van der Waals surface area contributed by atoms with Crippen LogP contribution in [0, 0.1) is 35.5 Å². The fraction of sp³-hybridized carbons (Fsp3) is 0.627. The molecule has 6 aromatic rings. The maximum absolute atomic E-state index is 14.0. The number of halogens is 11. The number of rotatable bonds is 16. The van der Waals surface area contributed by atoms with Crippen molar-refractivity contribution in [2.75, 3.05) is 76.9 Å². The van der Waals surface area contributed by atoms with E-state index in [1.54, 1.807) is 6.92 Å². The monoisotopic (exact) mass is 1390 g/mol. The van der Waals surface area contributed by atoms with E-state index in [1.165, 1.54) is 30.7 Å². The summed E-state index contributed by atoms with van der Waals surface area (Å²) >= 11 is 0. The fourth-order valence-corrected chi connectivity index (χ4v) is 16.2. The number of aromatic nitrogens is 9. The molecule has 8 aliphatic rings. The first-order chi connectivity index (χ1) is 46.2. The lowest BCUT2D eigenvalue weighted by molar-refractivity contribution is -0.137. The van der Waals surface area contributed by atoms with Gasteiger partial charge in [0.2, 0.25) is 5.91 Å². The number of ether oxygens (including phenoxy) is 4. The number of nitrogens with zero attached hydrogens (tertiary/aromatic N) is 12. The molecule has 2 aliphatic heterocycles. The van der Waals surface area contributed by atoms with Gasteiger partial charge in [-0.05, 0) is 152 Å². The lowest BCUT2D eigenvalue weighted by atomic mass is 10.0. The highest BCUT2D eigenvalue weighted by Gasteiger charge is 2.62. The molecule has 534 valence electrons. The quantitative estimate of drug-likeness (QED) is 0.0764. The number of alkyl halides is 11. The molecule has 8 fully saturated rings. The standard InChI is InChI=1S/2C23H29F4N5O2.C21H26F3N5O/c2*1-12(2)32-18(8-17(30-32)13-5-19(34-22(24)25)21(28)29-9-13)20-15-6-14(7-16(15)20)31-3-4-33-11-23(26,27)10-31;1-10(2)29-18(19-14-6-13(7-15(14)19)28(4)11(3)30)8-17(27-29)12-5-16(21(22,23)24)20(25)26-9-12/h2*5,8-9,12,14-16,20,22H,3-4,6-7,10-11H2,1-2H3,(H2,28,29);5,8-10,13-15,19H,6-7H2,1-4H3,(H2,25,26)/t2*14?,15-,16+,20?;13?,14-,15+,19?. The molecule has 0 radical (unpaired) electrons. The van der Waals surface area contributed by atoms with Gasteiger partial charge in [0.05, 0.1) is 48.9 Å². The number of amides is 1. The van der Waals surface area contributed by atoms with Gasteiger partial charge in [-0.2, -0.15) is 46.0 Å². The summed E-state index contributed by atoms with van der Waals surface area (Å²) in [6.45, 7) is 7.96. The third-order valence-corrected chi connectivity index (χ3v) is 21.0. The minimum Gasteiger partial charge on any atom is -0.431 e. The van der Waals surface area contributed by atoms with Crippen molar-refractivity contribution in [3.8, 4) is 45.3 Å². The van der Waals surface area contributed by atoms with Crippen LogP contribution in [-0.2, 0) is 20.4 Å². The Bertz CT molecular complexity index is 3650. The van der Waals surface area contributed by atoms with E-state index >= 15 is 0 Å². The van der Waals surface area contributed by atoms with Crippen LogP contribution in [-0.4, -0.2) is 168 Å². The smallest absolute Gasteiger partial charge is 0.419 e. The Hall–Kier alpha value is -7.38. The highest BCUT2D eigenvalue weighted by Crippen LogP contribution is 2.67. The van der Waals surface area contributed by atoms with Crippen molar-refractivity contribution in [2.45, 2.75) is 172 Å². The number of nitrogens with two attached hydrogens (primary N) is 3. The van der Waals surface area contributed by atoms with Gasteiger partial charge in [-0.15, -0.1) is 0 Å². The van der Waals surface area contributed by atoms with Gasteiger partial charge >= 0.3 is 19.4 Å². The van der Waals surface area contributed by atoms with Crippen LogP contribution in [0.25, 0.3) is 33.8 Å². The number of nitrogen functional groups attached to an aromatic ring is 3. The highest BCUT2D eigenvalue weighted by atomic mass is 19.4. The van der Waals surface area contributed by atoms with E-state index < -0.39 is 55.8 Å². The first-order valence-electron chi connectivity index (χ1n) is 33.4. The number of fused-ring (bicyclic) bond motifs is 3. The van der Waals surface area contributed by atoms with Crippen molar-refractivity contribution in [1.82, 2.24) is 59.0 Å². The van der Waals surface area contributed by atoms with Gasteiger partial charge in [-0.3, -0.25) is 28.6 Å². The van der Waals surface area contributed by atoms with Crippen molar-refractivity contribution < 1.29 is 72.0 Å². The van der Waals surface area contributed by atoms with Gasteiger partial charge in [-0.1, -0.05) is 0 Å². The molecule has 6 aliphatic carbocycles. The maximum Gasteiger partial charge on any atom is 0.419 e. The molecule has 0 aromatic carbocycles. The summed E-state index contributed by atoms with van der Waals surface area (Å²) in [6.07, 6.45) is 5.16. The zero-order valence-corrected chi connectivity index (χ0v) is 55.7. The number of pyridine rings is 3. The van der Waals surface area contributed by atoms with Crippen molar-refractivity contribution in [3.05, 3.63) is 77.6 Å². The highest BCUT2D eigenvalue weighted by molar-refractivity contribution is 5.73. The van der Waals surface area contributed by atoms with Crippen molar-refractivity contribution in [3.63, 3.8) is 0 Å². The second-order valence-corrected chi connectivity index (χ2v) is 28.4. The molecule has 31 heteroatoms. The van der Waals surface area contributed by atoms with E-state index in [2.05, 4.69) is 29.5 Å². The van der Waals surface area contributed by atoms with E-state index in [0.717, 1.165) is 61.7 Å². The summed E-state index contributed by atoms with van der Waals surface area (Å²) in [4.78, 5) is 29.0. The molecule has 98 heavy (non-hydrogen) atoms. The van der Waals surface area contributed by atoms with Crippen molar-refractivity contribution in [2.24, 2.45) is 35.5 Å². The van der Waals surface area contributed by atoms with Crippen molar-refractivity contribution in [1.29, 1.82) is 0 Å². The summed E-state index contributed by atoms with van der Waals surface area (Å²) in [6, 6.07) is 10.5. The predicted octanol–water partition coefficient (Wildman–Crippen LogP) is 12.4. The van der Waals surface area contributed by atoms with Gasteiger partial charge in [0, 0.05) is 133 Å². The summed E-state index contributed by atoms with van der Waals surface area (Å²) in [5, 5.41) is 14.1. The van der Waals surface area contributed by atoms with Gasteiger partial charge in [0.15, 0.2) is 23.1 Å². The van der Waals surface area contributed by atoms with Gasteiger partial charge in [-0.25, -0.2) is 32.5 Å². The molecule has 6 saturated carbocycles. The maximum atomic E-state index is 14.0. The zero-order chi connectivity index (χ0) is 70.4. The number of hydrogen-bond acceptors (Lipinski definition) is 16. The number of anilines is 3. The molecule has 1 amide bonds. The van der Waals surface area contributed by atoms with Crippen LogP contribution in [0.15, 0.2) is 55.0 Å². The van der Waals surface area contributed by atoms with E-state index in [4.69, 9.17) is 36.9 Å². The summed E-state index contributed by atoms with van der Waals surface area (Å²) in [5.41, 5.74) is 22.1. The molecular formula is C67H84F11N15O5. The third kappa shape index (κ3) is 14.9. The Balaban J connectivity index is 0.000000140. The van der Waals surface area contributed by atoms with Crippen LogP contribution in [0.2, 0.25) is 0 Å². The number of hydrogen-bond donors (Lipinski definition) is 3. The second kappa shape index (κ2) is 27.3. The molecule has 0 spiro atoms. The lowest BCUT2D eigenvalue weighted by Gasteiger charge is -2.30. The van der Waals surface area contributed by atoms with Crippen LogP contribution >= 0.6 is 0 Å². The Morgan fingerprint density at radius 2 is 0.888 bits per heavy atom. The molecule has 2 saturated heterocycles. The summed E-state index contributed by atoms with van der Waals surface area (Å²) < 4.78 is 172. The lowest BCUT2D eigenvalue weighted by Crippen LogP contribution is -2.43. The first kappa shape index (κ1) is 70.5. The molecule has 6 aromatic heterocycles. The molecule has 6 N–H and O–H groups in total. The van der Waals surface area contributed by atoms with E-state index in [9.17, 15) is 53.1 Å². The second-order valence-electron chi connectivity index (χ2n) is 28.4. The van der Waals surface area contributed by atoms with E-state index in [-0.39, 0.29) is 78.4 Å². The summed E-state index contributed by atoms with van der Waals surface area (Å²) in [5.74, 6) is -3.08. The third-order valence-electron chi connectivity index (χ3n) is 21.0. The van der Waals surface area contributed by atoms with E-state index in [0.29, 0.717) is 113 Å². The molecule has 8 heterocycles. The molecule has 0 bridgehead atoms. The normalized spacial score (nSPS) is 27.8. The predicted molar refractivity (Wildman–Crippen MR) is 340 cm³/mol. The Morgan fingerprint density at radius 1 is 0.551 bits per heavy atom. The SMILES string of the molecule is CC(=O)N(C)C1C[C@@H]2C(c3cc(-c4cnc(N)c(C(F)(F)F)c4)nn3C(C)C)[C@@H]2C1.CC(C)n1nc(-c2cnc(N)c(OC(F)F)c2)cc1C1[C@H]2CC(N3CCOCC(F)(F)C3)C[C@@H]12.CC(C)n1nc(-c2cnc(N)c(OC(F)F)c2)cc1C1[C@H]2CC(N3CCOCC(F)(F)C3)C[C@@H]12. The minimum atomic E-state index is -4.57.